The first-order valence-electron chi connectivity index (χ1n) is 10.9. The molecule has 0 heterocycles. The SMILES string of the molecule is CCOc1cc(/C=C(\C#N)C(=O)Nc2ccccc2Cl)cc(Br)c1OCC(=O)Nc1cccc(C)c1. The van der Waals surface area contributed by atoms with Crippen molar-refractivity contribution in [3.05, 3.63) is 86.9 Å². The molecule has 0 radical (unpaired) electrons. The Balaban J connectivity index is 1.78. The van der Waals surface area contributed by atoms with Gasteiger partial charge in [0, 0.05) is 5.69 Å². The fourth-order valence-corrected chi connectivity index (χ4v) is 3.96. The number of nitriles is 1. The van der Waals surface area contributed by atoms with E-state index in [9.17, 15) is 14.9 Å². The van der Waals surface area contributed by atoms with Crippen LogP contribution in [-0.4, -0.2) is 25.0 Å². The van der Waals surface area contributed by atoms with Gasteiger partial charge in [-0.05, 0) is 83.4 Å². The van der Waals surface area contributed by atoms with Crippen LogP contribution in [0.1, 0.15) is 18.1 Å². The first kappa shape index (κ1) is 26.8. The molecule has 0 saturated carbocycles. The molecule has 0 saturated heterocycles. The van der Waals surface area contributed by atoms with Crippen LogP contribution in [-0.2, 0) is 9.59 Å². The van der Waals surface area contributed by atoms with Crippen LogP contribution in [0.3, 0.4) is 0 Å². The zero-order valence-corrected chi connectivity index (χ0v) is 21.9. The van der Waals surface area contributed by atoms with E-state index >= 15 is 0 Å². The van der Waals surface area contributed by atoms with Crippen LogP contribution in [0, 0.1) is 18.3 Å². The fourth-order valence-electron chi connectivity index (χ4n) is 3.20. The average molecular weight is 569 g/mol. The number of para-hydroxylation sites is 1. The van der Waals surface area contributed by atoms with Gasteiger partial charge in [-0.25, -0.2) is 0 Å². The van der Waals surface area contributed by atoms with Crippen molar-refractivity contribution >= 4 is 56.8 Å². The van der Waals surface area contributed by atoms with E-state index in [2.05, 4.69) is 26.6 Å². The van der Waals surface area contributed by atoms with Gasteiger partial charge in [0.25, 0.3) is 11.8 Å². The zero-order valence-electron chi connectivity index (χ0n) is 19.6. The molecule has 3 aromatic carbocycles. The smallest absolute Gasteiger partial charge is 0.266 e. The summed E-state index contributed by atoms with van der Waals surface area (Å²) in [5.74, 6) is -0.257. The van der Waals surface area contributed by atoms with E-state index in [0.717, 1.165) is 5.56 Å². The normalized spacial score (nSPS) is 10.8. The number of rotatable bonds is 9. The molecule has 184 valence electrons. The van der Waals surface area contributed by atoms with Crippen LogP contribution in [0.2, 0.25) is 5.02 Å². The van der Waals surface area contributed by atoms with Crippen molar-refractivity contribution in [1.82, 2.24) is 0 Å². The summed E-state index contributed by atoms with van der Waals surface area (Å²) in [6.07, 6.45) is 1.42. The summed E-state index contributed by atoms with van der Waals surface area (Å²) in [5.41, 5.74) is 2.49. The molecule has 2 N–H and O–H groups in total. The second-order valence-electron chi connectivity index (χ2n) is 7.57. The maximum absolute atomic E-state index is 12.6. The Hall–Kier alpha value is -3.80. The van der Waals surface area contributed by atoms with Gasteiger partial charge in [-0.2, -0.15) is 5.26 Å². The lowest BCUT2D eigenvalue weighted by Gasteiger charge is -2.15. The van der Waals surface area contributed by atoms with Gasteiger partial charge in [-0.1, -0.05) is 35.9 Å². The van der Waals surface area contributed by atoms with Crippen molar-refractivity contribution in [3.63, 3.8) is 0 Å². The number of carbonyl (C=O) groups is 2. The second kappa shape index (κ2) is 12.8. The van der Waals surface area contributed by atoms with Crippen molar-refractivity contribution in [2.45, 2.75) is 13.8 Å². The number of aryl methyl sites for hydroxylation is 1. The molecule has 3 rings (SSSR count). The van der Waals surface area contributed by atoms with E-state index in [1.165, 1.54) is 6.08 Å². The van der Waals surface area contributed by atoms with Crippen LogP contribution in [0.25, 0.3) is 6.08 Å². The summed E-state index contributed by atoms with van der Waals surface area (Å²) < 4.78 is 11.9. The van der Waals surface area contributed by atoms with Crippen LogP contribution >= 0.6 is 27.5 Å². The quantitative estimate of drug-likeness (QED) is 0.231. The highest BCUT2D eigenvalue weighted by molar-refractivity contribution is 9.10. The highest BCUT2D eigenvalue weighted by Gasteiger charge is 2.16. The number of amides is 2. The predicted molar refractivity (Wildman–Crippen MR) is 144 cm³/mol. The lowest BCUT2D eigenvalue weighted by Crippen LogP contribution is -2.20. The molecule has 0 bridgehead atoms. The molecular weight excluding hydrogens is 546 g/mol. The number of halogens is 2. The average Bonchev–Trinajstić information content (AvgIpc) is 2.83. The molecule has 9 heteroatoms. The standard InChI is InChI=1S/C27H23BrClN3O4/c1-3-35-24-14-18(12-19(15-30)27(34)32-23-10-5-4-9-22(23)29)13-21(28)26(24)36-16-25(33)31-20-8-6-7-17(2)11-20/h4-14H,3,16H2,1-2H3,(H,31,33)(H,32,34)/b19-12+. The third-order valence-corrected chi connectivity index (χ3v) is 5.70. The van der Waals surface area contributed by atoms with Gasteiger partial charge in [-0.15, -0.1) is 0 Å². The number of ether oxygens (including phenoxy) is 2. The van der Waals surface area contributed by atoms with Gasteiger partial charge >= 0.3 is 0 Å². The molecular formula is C27H23BrClN3O4. The zero-order chi connectivity index (χ0) is 26.1. The van der Waals surface area contributed by atoms with Crippen LogP contribution in [0.5, 0.6) is 11.5 Å². The van der Waals surface area contributed by atoms with E-state index in [1.807, 2.05) is 38.1 Å². The molecule has 0 aromatic heterocycles. The van der Waals surface area contributed by atoms with Gasteiger partial charge in [0.15, 0.2) is 18.1 Å². The minimum absolute atomic E-state index is 0.129. The number of hydrogen-bond donors (Lipinski definition) is 2. The second-order valence-corrected chi connectivity index (χ2v) is 8.83. The van der Waals surface area contributed by atoms with E-state index in [4.69, 9.17) is 21.1 Å². The summed E-state index contributed by atoms with van der Waals surface area (Å²) in [4.78, 5) is 25.0. The Morgan fingerprint density at radius 3 is 2.56 bits per heavy atom. The number of nitrogens with one attached hydrogen (secondary N) is 2. The van der Waals surface area contributed by atoms with Crippen molar-refractivity contribution in [2.24, 2.45) is 0 Å². The molecule has 0 fully saturated rings. The summed E-state index contributed by atoms with van der Waals surface area (Å²) in [5, 5.41) is 15.3. The maximum atomic E-state index is 12.6. The van der Waals surface area contributed by atoms with Crippen LogP contribution in [0.4, 0.5) is 11.4 Å². The summed E-state index contributed by atoms with van der Waals surface area (Å²) >= 11 is 9.53. The van der Waals surface area contributed by atoms with Crippen LogP contribution < -0.4 is 20.1 Å². The molecule has 0 atom stereocenters. The number of nitrogens with zero attached hydrogens (tertiary/aromatic N) is 1. The van der Waals surface area contributed by atoms with Gasteiger partial charge < -0.3 is 20.1 Å². The lowest BCUT2D eigenvalue weighted by atomic mass is 10.1. The largest absolute Gasteiger partial charge is 0.490 e. The molecule has 3 aromatic rings. The Morgan fingerprint density at radius 1 is 1.08 bits per heavy atom. The molecule has 0 spiro atoms. The van der Waals surface area contributed by atoms with Crippen molar-refractivity contribution < 1.29 is 19.1 Å². The Bertz CT molecular complexity index is 1350. The van der Waals surface area contributed by atoms with Crippen molar-refractivity contribution in [3.8, 4) is 17.6 Å². The Kier molecular flexibility index (Phi) is 9.51. The summed E-state index contributed by atoms with van der Waals surface area (Å²) in [6, 6.07) is 19.4. The van der Waals surface area contributed by atoms with E-state index in [0.29, 0.717) is 44.5 Å². The van der Waals surface area contributed by atoms with Gasteiger partial charge in [0.05, 0.1) is 21.8 Å². The number of carbonyl (C=O) groups excluding carboxylic acids is 2. The minimum atomic E-state index is -0.604. The van der Waals surface area contributed by atoms with Gasteiger partial charge in [0.1, 0.15) is 11.6 Å². The predicted octanol–water partition coefficient (Wildman–Crippen LogP) is 6.37. The first-order chi connectivity index (χ1) is 17.3. The molecule has 0 aliphatic carbocycles. The third-order valence-electron chi connectivity index (χ3n) is 4.78. The Labute approximate surface area is 222 Å². The van der Waals surface area contributed by atoms with Crippen LogP contribution in [0.15, 0.2) is 70.7 Å². The summed E-state index contributed by atoms with van der Waals surface area (Å²) in [6.45, 7) is 3.84. The topological polar surface area (TPSA) is 100 Å². The number of benzene rings is 3. The number of anilines is 2. The fraction of sp³-hybridized carbons (Fsp3) is 0.148. The highest BCUT2D eigenvalue weighted by atomic mass is 79.9. The monoisotopic (exact) mass is 567 g/mol. The third kappa shape index (κ3) is 7.35. The Morgan fingerprint density at radius 2 is 1.86 bits per heavy atom. The van der Waals surface area contributed by atoms with Crippen molar-refractivity contribution in [1.29, 1.82) is 5.26 Å². The number of hydrogen-bond acceptors (Lipinski definition) is 5. The lowest BCUT2D eigenvalue weighted by molar-refractivity contribution is -0.118. The summed E-state index contributed by atoms with van der Waals surface area (Å²) in [7, 11) is 0. The molecule has 36 heavy (non-hydrogen) atoms. The van der Waals surface area contributed by atoms with Gasteiger partial charge in [-0.3, -0.25) is 9.59 Å². The molecule has 2 amide bonds. The molecule has 0 aliphatic heterocycles. The van der Waals surface area contributed by atoms with E-state index in [1.54, 1.807) is 42.5 Å². The molecule has 0 aliphatic rings. The van der Waals surface area contributed by atoms with Crippen molar-refractivity contribution in [2.75, 3.05) is 23.8 Å². The first-order valence-corrected chi connectivity index (χ1v) is 12.1. The maximum Gasteiger partial charge on any atom is 0.266 e. The molecule has 0 unspecified atom stereocenters. The highest BCUT2D eigenvalue weighted by Crippen LogP contribution is 2.37. The van der Waals surface area contributed by atoms with E-state index < -0.39 is 5.91 Å². The minimum Gasteiger partial charge on any atom is -0.490 e. The van der Waals surface area contributed by atoms with Gasteiger partial charge in [0.2, 0.25) is 0 Å². The molecule has 7 nitrogen and oxygen atoms in total. The van der Waals surface area contributed by atoms with E-state index in [-0.39, 0.29) is 18.1 Å².